The highest BCUT2D eigenvalue weighted by atomic mass is 35.5. The number of hydrogen-bond donors (Lipinski definition) is 1. The Morgan fingerprint density at radius 3 is 2.52 bits per heavy atom. The Morgan fingerprint density at radius 2 is 1.77 bits per heavy atom. The third kappa shape index (κ3) is 4.89. The smallest absolute Gasteiger partial charge is 0.322 e. The molecule has 0 unspecified atom stereocenters. The van der Waals surface area contributed by atoms with Crippen LogP contribution in [-0.2, 0) is 6.54 Å². The van der Waals surface area contributed by atoms with E-state index in [-0.39, 0.29) is 11.9 Å². The Kier molecular flexibility index (Phi) is 6.23. The largest absolute Gasteiger partial charge is 0.324 e. The van der Waals surface area contributed by atoms with Crippen molar-refractivity contribution in [3.05, 3.63) is 94.5 Å². The van der Waals surface area contributed by atoms with Gasteiger partial charge in [0.1, 0.15) is 0 Å². The van der Waals surface area contributed by atoms with Gasteiger partial charge in [-0.2, -0.15) is 0 Å². The molecular formula is C25H24ClN3O2. The highest BCUT2D eigenvalue weighted by Crippen LogP contribution is 2.23. The van der Waals surface area contributed by atoms with Crippen molar-refractivity contribution in [2.45, 2.75) is 19.9 Å². The number of carbonyl (C=O) groups excluding carboxylic acids is 2. The lowest BCUT2D eigenvalue weighted by Crippen LogP contribution is -2.49. The van der Waals surface area contributed by atoms with Gasteiger partial charge in [0.15, 0.2) is 0 Å². The summed E-state index contributed by atoms with van der Waals surface area (Å²) in [5.41, 5.74) is 4.29. The molecule has 1 saturated heterocycles. The molecule has 0 aromatic heterocycles. The van der Waals surface area contributed by atoms with Crippen LogP contribution in [-0.4, -0.2) is 29.9 Å². The number of nitrogens with one attached hydrogen (secondary N) is 1. The van der Waals surface area contributed by atoms with E-state index < -0.39 is 0 Å². The molecule has 6 heteroatoms. The van der Waals surface area contributed by atoms with Crippen molar-refractivity contribution >= 4 is 34.9 Å². The third-order valence-corrected chi connectivity index (χ3v) is 5.69. The number of urea groups is 1. The van der Waals surface area contributed by atoms with Gasteiger partial charge in [-0.15, -0.1) is 0 Å². The number of anilines is 2. The normalized spacial score (nSPS) is 13.9. The molecule has 1 aliphatic heterocycles. The maximum atomic E-state index is 13.1. The second-order valence-electron chi connectivity index (χ2n) is 7.65. The summed E-state index contributed by atoms with van der Waals surface area (Å²) in [5, 5.41) is 3.40. The van der Waals surface area contributed by atoms with Gasteiger partial charge < -0.3 is 10.2 Å². The van der Waals surface area contributed by atoms with Gasteiger partial charge >= 0.3 is 6.03 Å². The first-order valence-electron chi connectivity index (χ1n) is 10.3. The number of carbonyl (C=O) groups is 2. The molecule has 5 nitrogen and oxygen atoms in total. The lowest BCUT2D eigenvalue weighted by molar-refractivity contribution is 0.102. The number of amides is 3. The van der Waals surface area contributed by atoms with E-state index in [1.54, 1.807) is 41.3 Å². The van der Waals surface area contributed by atoms with E-state index in [0.29, 0.717) is 29.4 Å². The fourth-order valence-corrected chi connectivity index (χ4v) is 3.91. The number of benzene rings is 3. The van der Waals surface area contributed by atoms with Crippen molar-refractivity contribution in [2.24, 2.45) is 0 Å². The fraction of sp³-hybridized carbons (Fsp3) is 0.200. The number of nitrogens with zero attached hydrogens (tertiary/aromatic N) is 2. The van der Waals surface area contributed by atoms with Gasteiger partial charge in [0.25, 0.3) is 5.91 Å². The summed E-state index contributed by atoms with van der Waals surface area (Å²) in [6, 6.07) is 22.3. The van der Waals surface area contributed by atoms with Gasteiger partial charge in [-0.25, -0.2) is 4.79 Å². The minimum absolute atomic E-state index is 0.00867. The lowest BCUT2D eigenvalue weighted by Gasteiger charge is -2.36. The number of aryl methyl sites for hydroxylation is 1. The third-order valence-electron chi connectivity index (χ3n) is 5.46. The highest BCUT2D eigenvalue weighted by Gasteiger charge is 2.27. The molecule has 3 aromatic rings. The van der Waals surface area contributed by atoms with Crippen molar-refractivity contribution < 1.29 is 9.59 Å². The zero-order valence-corrected chi connectivity index (χ0v) is 18.1. The molecule has 0 radical (unpaired) electrons. The van der Waals surface area contributed by atoms with Crippen LogP contribution in [0.15, 0.2) is 72.8 Å². The molecule has 1 heterocycles. The minimum Gasteiger partial charge on any atom is -0.322 e. The van der Waals surface area contributed by atoms with Crippen LogP contribution in [0.5, 0.6) is 0 Å². The molecule has 31 heavy (non-hydrogen) atoms. The molecule has 4 rings (SSSR count). The van der Waals surface area contributed by atoms with Gasteiger partial charge in [-0.3, -0.25) is 9.69 Å². The minimum atomic E-state index is -0.222. The van der Waals surface area contributed by atoms with E-state index in [9.17, 15) is 9.59 Å². The van der Waals surface area contributed by atoms with Crippen LogP contribution in [0.2, 0.25) is 5.02 Å². The SMILES string of the molecule is Cc1ccccc1CN1CCCN(c2ccc(C(=O)Nc3cccc(Cl)c3)cc2)C1=O. The predicted molar refractivity (Wildman–Crippen MR) is 125 cm³/mol. The van der Waals surface area contributed by atoms with Crippen LogP contribution in [0.3, 0.4) is 0 Å². The van der Waals surface area contributed by atoms with Gasteiger partial charge in [0, 0.05) is 41.6 Å². The Labute approximate surface area is 187 Å². The van der Waals surface area contributed by atoms with E-state index in [4.69, 9.17) is 11.6 Å². The van der Waals surface area contributed by atoms with Gasteiger partial charge in [-0.05, 0) is 66.9 Å². The molecule has 3 aromatic carbocycles. The monoisotopic (exact) mass is 433 g/mol. The second-order valence-corrected chi connectivity index (χ2v) is 8.08. The summed E-state index contributed by atoms with van der Waals surface area (Å²) in [4.78, 5) is 29.3. The average Bonchev–Trinajstić information content (AvgIpc) is 2.77. The van der Waals surface area contributed by atoms with Gasteiger partial charge in [0.05, 0.1) is 0 Å². The Hall–Kier alpha value is -3.31. The van der Waals surface area contributed by atoms with Gasteiger partial charge in [-0.1, -0.05) is 41.9 Å². The standard InChI is InChI=1S/C25H24ClN3O2/c1-18-6-2-3-7-20(18)17-28-14-5-15-29(25(28)31)23-12-10-19(11-13-23)24(30)27-22-9-4-8-21(26)16-22/h2-4,6-13,16H,5,14-15,17H2,1H3,(H,27,30). The van der Waals surface area contributed by atoms with E-state index >= 15 is 0 Å². The average molecular weight is 434 g/mol. The fourth-order valence-electron chi connectivity index (χ4n) is 3.72. The maximum Gasteiger partial charge on any atom is 0.324 e. The van der Waals surface area contributed by atoms with Crippen LogP contribution in [0.25, 0.3) is 0 Å². The highest BCUT2D eigenvalue weighted by molar-refractivity contribution is 6.31. The first-order valence-corrected chi connectivity index (χ1v) is 10.7. The van der Waals surface area contributed by atoms with Crippen LogP contribution < -0.4 is 10.2 Å². The molecule has 0 aliphatic carbocycles. The quantitative estimate of drug-likeness (QED) is 0.558. The van der Waals surface area contributed by atoms with E-state index in [1.807, 2.05) is 29.2 Å². The summed E-state index contributed by atoms with van der Waals surface area (Å²) >= 11 is 5.97. The molecule has 0 bridgehead atoms. The lowest BCUT2D eigenvalue weighted by atomic mass is 10.1. The Balaban J connectivity index is 1.45. The molecule has 3 amide bonds. The number of rotatable bonds is 5. The van der Waals surface area contributed by atoms with Crippen LogP contribution in [0.4, 0.5) is 16.2 Å². The molecular weight excluding hydrogens is 410 g/mol. The first kappa shape index (κ1) is 20.9. The molecule has 1 aliphatic rings. The van der Waals surface area contributed by atoms with E-state index in [1.165, 1.54) is 5.56 Å². The number of halogens is 1. The van der Waals surface area contributed by atoms with Crippen molar-refractivity contribution in [1.29, 1.82) is 0 Å². The van der Waals surface area contributed by atoms with Crippen LogP contribution in [0.1, 0.15) is 27.9 Å². The topological polar surface area (TPSA) is 52.6 Å². The summed E-state index contributed by atoms with van der Waals surface area (Å²) in [7, 11) is 0. The number of hydrogen-bond acceptors (Lipinski definition) is 2. The second kappa shape index (κ2) is 9.23. The zero-order chi connectivity index (χ0) is 21.8. The summed E-state index contributed by atoms with van der Waals surface area (Å²) < 4.78 is 0. The predicted octanol–water partition coefficient (Wildman–Crippen LogP) is 5.73. The summed E-state index contributed by atoms with van der Waals surface area (Å²) in [6.45, 7) is 4.07. The Bertz CT molecular complexity index is 1100. The van der Waals surface area contributed by atoms with Crippen molar-refractivity contribution in [2.75, 3.05) is 23.3 Å². The van der Waals surface area contributed by atoms with Crippen molar-refractivity contribution in [3.8, 4) is 0 Å². The van der Waals surface area contributed by atoms with Crippen LogP contribution in [0, 0.1) is 6.92 Å². The Morgan fingerprint density at radius 1 is 1.00 bits per heavy atom. The molecule has 1 fully saturated rings. The van der Waals surface area contributed by atoms with Crippen molar-refractivity contribution in [3.63, 3.8) is 0 Å². The molecule has 0 atom stereocenters. The maximum absolute atomic E-state index is 13.1. The summed E-state index contributed by atoms with van der Waals surface area (Å²) in [6.07, 6.45) is 0.897. The van der Waals surface area contributed by atoms with Crippen LogP contribution >= 0.6 is 11.6 Å². The molecule has 1 N–H and O–H groups in total. The first-order chi connectivity index (χ1) is 15.0. The van der Waals surface area contributed by atoms with E-state index in [2.05, 4.69) is 24.4 Å². The molecule has 0 saturated carbocycles. The summed E-state index contributed by atoms with van der Waals surface area (Å²) in [5.74, 6) is -0.222. The molecule has 158 valence electrons. The van der Waals surface area contributed by atoms with E-state index in [0.717, 1.165) is 24.2 Å². The van der Waals surface area contributed by atoms with Gasteiger partial charge in [0.2, 0.25) is 0 Å². The van der Waals surface area contributed by atoms with Crippen molar-refractivity contribution in [1.82, 2.24) is 4.90 Å². The molecule has 0 spiro atoms. The zero-order valence-electron chi connectivity index (χ0n) is 17.3.